The Labute approximate surface area is 119 Å². The van der Waals surface area contributed by atoms with E-state index in [-0.39, 0.29) is 5.56 Å². The summed E-state index contributed by atoms with van der Waals surface area (Å²) in [5.74, 6) is 0. The molecule has 2 N–H and O–H groups in total. The Morgan fingerprint density at radius 2 is 2.26 bits per heavy atom. The number of rotatable bonds is 5. The quantitative estimate of drug-likeness (QED) is 0.819. The van der Waals surface area contributed by atoms with E-state index in [9.17, 15) is 4.79 Å². The summed E-state index contributed by atoms with van der Waals surface area (Å²) in [6.45, 7) is 2.79. The molecule has 2 rings (SSSR count). The molecule has 19 heavy (non-hydrogen) atoms. The van der Waals surface area contributed by atoms with Gasteiger partial charge in [-0.1, -0.05) is 0 Å². The molecule has 2 aromatic rings. The average Bonchev–Trinajstić information content (AvgIpc) is 2.80. The zero-order valence-electron chi connectivity index (χ0n) is 10.9. The van der Waals surface area contributed by atoms with Crippen molar-refractivity contribution in [2.24, 2.45) is 7.05 Å². The Bertz CT molecular complexity index is 619. The predicted molar refractivity (Wildman–Crippen MR) is 77.3 cm³/mol. The van der Waals surface area contributed by atoms with Gasteiger partial charge in [0, 0.05) is 19.3 Å². The summed E-state index contributed by atoms with van der Waals surface area (Å²) in [7, 11) is 1.62. The van der Waals surface area contributed by atoms with Crippen LogP contribution in [0.25, 0.3) is 0 Å². The monoisotopic (exact) mass is 325 g/mol. The molecule has 0 saturated heterocycles. The number of hydrogen-bond acceptors (Lipinski definition) is 4. The SMILES string of the molecule is Cc1[nH]ncc1CCCNc1cnn(C)c(=O)c1Br. The van der Waals surface area contributed by atoms with Gasteiger partial charge in [0.2, 0.25) is 0 Å². The first-order valence-corrected chi connectivity index (χ1v) is 6.83. The molecule has 2 heterocycles. The van der Waals surface area contributed by atoms with Gasteiger partial charge < -0.3 is 5.32 Å². The van der Waals surface area contributed by atoms with Gasteiger partial charge in [-0.05, 0) is 41.3 Å². The minimum absolute atomic E-state index is 0.143. The van der Waals surface area contributed by atoms with E-state index in [4.69, 9.17) is 0 Å². The van der Waals surface area contributed by atoms with Crippen molar-refractivity contribution in [3.8, 4) is 0 Å². The van der Waals surface area contributed by atoms with Crippen LogP contribution in [-0.2, 0) is 13.5 Å². The van der Waals surface area contributed by atoms with Crippen LogP contribution < -0.4 is 10.9 Å². The van der Waals surface area contributed by atoms with Gasteiger partial charge in [-0.25, -0.2) is 4.68 Å². The van der Waals surface area contributed by atoms with Crippen molar-refractivity contribution in [3.63, 3.8) is 0 Å². The number of aryl methyl sites for hydroxylation is 3. The molecule has 6 nitrogen and oxygen atoms in total. The minimum Gasteiger partial charge on any atom is -0.383 e. The topological polar surface area (TPSA) is 75.6 Å². The van der Waals surface area contributed by atoms with Crippen LogP contribution in [-0.4, -0.2) is 26.5 Å². The molecular weight excluding hydrogens is 310 g/mol. The highest BCUT2D eigenvalue weighted by molar-refractivity contribution is 9.10. The first-order chi connectivity index (χ1) is 9.09. The van der Waals surface area contributed by atoms with E-state index in [0.29, 0.717) is 4.47 Å². The molecule has 0 radical (unpaired) electrons. The van der Waals surface area contributed by atoms with E-state index in [0.717, 1.165) is 30.8 Å². The third-order valence-electron chi connectivity index (χ3n) is 2.95. The fraction of sp³-hybridized carbons (Fsp3) is 0.417. The van der Waals surface area contributed by atoms with Gasteiger partial charge in [0.25, 0.3) is 5.56 Å². The van der Waals surface area contributed by atoms with E-state index in [1.807, 2.05) is 13.1 Å². The van der Waals surface area contributed by atoms with Crippen LogP contribution in [0.1, 0.15) is 17.7 Å². The van der Waals surface area contributed by atoms with Gasteiger partial charge in [0.05, 0.1) is 18.1 Å². The van der Waals surface area contributed by atoms with Crippen LogP contribution >= 0.6 is 15.9 Å². The highest BCUT2D eigenvalue weighted by Crippen LogP contribution is 2.16. The molecule has 0 aliphatic heterocycles. The molecule has 0 bridgehead atoms. The number of nitrogens with one attached hydrogen (secondary N) is 2. The van der Waals surface area contributed by atoms with Gasteiger partial charge in [0.1, 0.15) is 4.47 Å². The molecule has 0 amide bonds. The lowest BCUT2D eigenvalue weighted by atomic mass is 10.1. The van der Waals surface area contributed by atoms with E-state index in [2.05, 4.69) is 36.5 Å². The molecule has 0 spiro atoms. The van der Waals surface area contributed by atoms with Gasteiger partial charge in [-0.15, -0.1) is 0 Å². The molecule has 0 aliphatic rings. The summed E-state index contributed by atoms with van der Waals surface area (Å²) in [5, 5.41) is 14.1. The number of anilines is 1. The molecule has 0 aliphatic carbocycles. The second kappa shape index (κ2) is 6.01. The van der Waals surface area contributed by atoms with E-state index >= 15 is 0 Å². The lowest BCUT2D eigenvalue weighted by molar-refractivity contribution is 0.702. The second-order valence-corrected chi connectivity index (χ2v) is 5.14. The van der Waals surface area contributed by atoms with Crippen molar-refractivity contribution in [1.82, 2.24) is 20.0 Å². The Morgan fingerprint density at radius 1 is 1.47 bits per heavy atom. The summed E-state index contributed by atoms with van der Waals surface area (Å²) >= 11 is 3.28. The molecule has 0 atom stereocenters. The van der Waals surface area contributed by atoms with Crippen LogP contribution in [0.4, 0.5) is 5.69 Å². The van der Waals surface area contributed by atoms with E-state index in [1.54, 1.807) is 13.2 Å². The fourth-order valence-corrected chi connectivity index (χ4v) is 2.26. The first kappa shape index (κ1) is 13.8. The molecule has 2 aromatic heterocycles. The summed E-state index contributed by atoms with van der Waals surface area (Å²) in [5.41, 5.74) is 2.92. The maximum atomic E-state index is 11.7. The zero-order valence-corrected chi connectivity index (χ0v) is 12.5. The molecular formula is C12H16BrN5O. The third-order valence-corrected chi connectivity index (χ3v) is 3.72. The average molecular weight is 326 g/mol. The molecule has 0 saturated carbocycles. The van der Waals surface area contributed by atoms with Gasteiger partial charge >= 0.3 is 0 Å². The van der Waals surface area contributed by atoms with Gasteiger partial charge in [-0.3, -0.25) is 9.89 Å². The van der Waals surface area contributed by atoms with Crippen LogP contribution in [0.3, 0.4) is 0 Å². The van der Waals surface area contributed by atoms with Crippen molar-refractivity contribution in [3.05, 3.63) is 38.5 Å². The van der Waals surface area contributed by atoms with E-state index < -0.39 is 0 Å². The maximum absolute atomic E-state index is 11.7. The Kier molecular flexibility index (Phi) is 4.36. The summed E-state index contributed by atoms with van der Waals surface area (Å²) < 4.78 is 1.81. The Hall–Kier alpha value is -1.63. The Balaban J connectivity index is 1.88. The number of H-pyrrole nitrogens is 1. The third kappa shape index (κ3) is 3.23. The number of nitrogens with zero attached hydrogens (tertiary/aromatic N) is 3. The zero-order chi connectivity index (χ0) is 13.8. The lowest BCUT2D eigenvalue weighted by Crippen LogP contribution is -2.21. The normalized spacial score (nSPS) is 10.7. The molecule has 0 fully saturated rings. The van der Waals surface area contributed by atoms with Crippen LogP contribution in [0, 0.1) is 6.92 Å². The van der Waals surface area contributed by atoms with Crippen molar-refractivity contribution in [2.45, 2.75) is 19.8 Å². The van der Waals surface area contributed by atoms with Gasteiger partial charge in [-0.2, -0.15) is 10.2 Å². The molecule has 0 aromatic carbocycles. The minimum atomic E-state index is -0.143. The van der Waals surface area contributed by atoms with E-state index in [1.165, 1.54) is 10.2 Å². The fourth-order valence-electron chi connectivity index (χ4n) is 1.76. The second-order valence-electron chi connectivity index (χ2n) is 4.35. The summed E-state index contributed by atoms with van der Waals surface area (Å²) in [6, 6.07) is 0. The van der Waals surface area contributed by atoms with Crippen molar-refractivity contribution in [2.75, 3.05) is 11.9 Å². The van der Waals surface area contributed by atoms with Gasteiger partial charge in [0.15, 0.2) is 0 Å². The smallest absolute Gasteiger partial charge is 0.282 e. The van der Waals surface area contributed by atoms with Crippen molar-refractivity contribution < 1.29 is 0 Å². The largest absolute Gasteiger partial charge is 0.383 e. The number of halogens is 1. The molecule has 102 valence electrons. The molecule has 7 heteroatoms. The highest BCUT2D eigenvalue weighted by atomic mass is 79.9. The number of aromatic amines is 1. The maximum Gasteiger partial charge on any atom is 0.282 e. The summed E-state index contributed by atoms with van der Waals surface area (Å²) in [6.07, 6.45) is 5.41. The lowest BCUT2D eigenvalue weighted by Gasteiger charge is -2.08. The number of hydrogen-bond donors (Lipinski definition) is 2. The Morgan fingerprint density at radius 3 is 2.95 bits per heavy atom. The highest BCUT2D eigenvalue weighted by Gasteiger charge is 2.06. The van der Waals surface area contributed by atoms with Crippen LogP contribution in [0.5, 0.6) is 0 Å². The van der Waals surface area contributed by atoms with Crippen molar-refractivity contribution in [1.29, 1.82) is 0 Å². The standard InChI is InChI=1S/C12H16BrN5O/c1-8-9(6-15-17-8)4-3-5-14-10-7-16-18(2)12(19)11(10)13/h6-7,14H,3-5H2,1-2H3,(H,15,17). The van der Waals surface area contributed by atoms with Crippen molar-refractivity contribution >= 4 is 21.6 Å². The number of aromatic nitrogens is 4. The van der Waals surface area contributed by atoms with Crippen LogP contribution in [0.15, 0.2) is 21.7 Å². The summed E-state index contributed by atoms with van der Waals surface area (Å²) in [4.78, 5) is 11.7. The molecule has 0 unspecified atom stereocenters. The predicted octanol–water partition coefficient (Wildman–Crippen LogP) is 1.62. The van der Waals surface area contributed by atoms with Crippen LogP contribution in [0.2, 0.25) is 0 Å². The first-order valence-electron chi connectivity index (χ1n) is 6.04.